The largest absolute Gasteiger partial charge is 0.497 e. The van der Waals surface area contributed by atoms with Crippen LogP contribution in [-0.4, -0.2) is 41.9 Å². The number of ether oxygens (including phenoxy) is 2. The highest BCUT2D eigenvalue weighted by molar-refractivity contribution is 5.98. The van der Waals surface area contributed by atoms with E-state index < -0.39 is 6.04 Å². The average molecular weight is 459 g/mol. The van der Waals surface area contributed by atoms with Crippen LogP contribution in [-0.2, 0) is 6.42 Å². The van der Waals surface area contributed by atoms with Crippen LogP contribution in [0.4, 0.5) is 0 Å². The van der Waals surface area contributed by atoms with Crippen LogP contribution in [0.15, 0.2) is 72.9 Å². The van der Waals surface area contributed by atoms with Crippen LogP contribution in [0.2, 0.25) is 0 Å². The first-order chi connectivity index (χ1) is 16.5. The number of aliphatic hydroxyl groups excluding tert-OH is 1. The topological polar surface area (TPSA) is 83.6 Å². The van der Waals surface area contributed by atoms with Gasteiger partial charge in [-0.2, -0.15) is 0 Å². The lowest BCUT2D eigenvalue weighted by Gasteiger charge is -2.19. The van der Waals surface area contributed by atoms with Gasteiger partial charge in [0, 0.05) is 17.1 Å². The number of para-hydroxylation sites is 1. The number of aromatic amines is 1. The van der Waals surface area contributed by atoms with E-state index in [1.54, 1.807) is 7.11 Å². The van der Waals surface area contributed by atoms with Gasteiger partial charge in [0.2, 0.25) is 0 Å². The highest BCUT2D eigenvalue weighted by Crippen LogP contribution is 2.29. The Hall–Kier alpha value is -3.77. The molecule has 1 amide bonds. The van der Waals surface area contributed by atoms with Crippen molar-refractivity contribution in [2.24, 2.45) is 0 Å². The molecule has 3 aromatic carbocycles. The highest BCUT2D eigenvalue weighted by atomic mass is 16.5. The highest BCUT2D eigenvalue weighted by Gasteiger charge is 2.20. The van der Waals surface area contributed by atoms with Crippen molar-refractivity contribution in [3.05, 3.63) is 84.1 Å². The first kappa shape index (κ1) is 23.4. The molecule has 0 unspecified atom stereocenters. The number of carbonyl (C=O) groups excluding carboxylic acids is 1. The van der Waals surface area contributed by atoms with Gasteiger partial charge in [0.05, 0.1) is 31.4 Å². The van der Waals surface area contributed by atoms with Crippen molar-refractivity contribution in [2.75, 3.05) is 13.7 Å². The summed E-state index contributed by atoms with van der Waals surface area (Å²) in [6.07, 6.45) is 2.35. The summed E-state index contributed by atoms with van der Waals surface area (Å²) in [6, 6.07) is 20.8. The van der Waals surface area contributed by atoms with Gasteiger partial charge in [0.15, 0.2) is 0 Å². The van der Waals surface area contributed by atoms with E-state index in [9.17, 15) is 9.90 Å². The Balaban J connectivity index is 1.59. The summed E-state index contributed by atoms with van der Waals surface area (Å²) in [4.78, 5) is 16.6. The number of methoxy groups -OCH3 is 1. The van der Waals surface area contributed by atoms with Gasteiger partial charge < -0.3 is 24.9 Å². The zero-order valence-electron chi connectivity index (χ0n) is 19.7. The summed E-state index contributed by atoms with van der Waals surface area (Å²) >= 11 is 0. The molecule has 0 saturated carbocycles. The standard InChI is InChI=1S/C28H30N2O4/c1-18(2)34-27-13-10-20(19-8-11-23(33-3)12-9-19)15-25(27)28(32)30-22(17-31)14-21-16-29-26-7-5-4-6-24(21)26/h4-13,15-16,18,22,29,31H,14,17H2,1-3H3,(H,30,32)/t22-/m1/s1. The van der Waals surface area contributed by atoms with Crippen molar-refractivity contribution in [1.29, 1.82) is 0 Å². The molecule has 1 heterocycles. The maximum absolute atomic E-state index is 13.4. The third kappa shape index (κ3) is 5.24. The number of hydrogen-bond acceptors (Lipinski definition) is 4. The summed E-state index contributed by atoms with van der Waals surface area (Å²) in [7, 11) is 1.63. The van der Waals surface area contributed by atoms with Crippen LogP contribution < -0.4 is 14.8 Å². The lowest BCUT2D eigenvalue weighted by atomic mass is 10.0. The van der Waals surface area contributed by atoms with Crippen LogP contribution >= 0.6 is 0 Å². The molecule has 6 heteroatoms. The molecular formula is C28H30N2O4. The van der Waals surface area contributed by atoms with Gasteiger partial charge in [-0.25, -0.2) is 0 Å². The number of carbonyl (C=O) groups is 1. The second kappa shape index (κ2) is 10.4. The predicted molar refractivity (Wildman–Crippen MR) is 135 cm³/mol. The van der Waals surface area contributed by atoms with Crippen molar-refractivity contribution in [1.82, 2.24) is 10.3 Å². The number of fused-ring (bicyclic) bond motifs is 1. The first-order valence-corrected chi connectivity index (χ1v) is 11.4. The number of nitrogens with one attached hydrogen (secondary N) is 2. The number of aromatic nitrogens is 1. The quantitative estimate of drug-likeness (QED) is 0.331. The molecule has 176 valence electrons. The Morgan fingerprint density at radius 2 is 1.76 bits per heavy atom. The monoisotopic (exact) mass is 458 g/mol. The molecule has 0 aliphatic carbocycles. The van der Waals surface area contributed by atoms with Gasteiger partial charge in [0.1, 0.15) is 11.5 Å². The maximum atomic E-state index is 13.4. The molecule has 6 nitrogen and oxygen atoms in total. The lowest BCUT2D eigenvalue weighted by molar-refractivity contribution is 0.0910. The number of rotatable bonds is 9. The van der Waals surface area contributed by atoms with Crippen LogP contribution in [0.3, 0.4) is 0 Å². The SMILES string of the molecule is COc1ccc(-c2ccc(OC(C)C)c(C(=O)N[C@@H](CO)Cc3c[nH]c4ccccc34)c2)cc1. The Morgan fingerprint density at radius 3 is 2.47 bits per heavy atom. The molecule has 34 heavy (non-hydrogen) atoms. The van der Waals surface area contributed by atoms with E-state index in [0.29, 0.717) is 17.7 Å². The summed E-state index contributed by atoms with van der Waals surface area (Å²) in [5.41, 5.74) is 4.35. The molecular weight excluding hydrogens is 428 g/mol. The molecule has 0 saturated heterocycles. The molecule has 0 bridgehead atoms. The van der Waals surface area contributed by atoms with Crippen molar-refractivity contribution in [3.63, 3.8) is 0 Å². The minimum absolute atomic E-state index is 0.0850. The van der Waals surface area contributed by atoms with Gasteiger partial charge in [-0.15, -0.1) is 0 Å². The van der Waals surface area contributed by atoms with E-state index in [0.717, 1.165) is 33.3 Å². The first-order valence-electron chi connectivity index (χ1n) is 11.4. The number of aliphatic hydroxyl groups is 1. The van der Waals surface area contributed by atoms with E-state index in [-0.39, 0.29) is 18.6 Å². The van der Waals surface area contributed by atoms with Gasteiger partial charge in [0.25, 0.3) is 5.91 Å². The second-order valence-corrected chi connectivity index (χ2v) is 8.52. The fourth-order valence-corrected chi connectivity index (χ4v) is 4.02. The Morgan fingerprint density at radius 1 is 1.03 bits per heavy atom. The normalized spacial score (nSPS) is 12.0. The fourth-order valence-electron chi connectivity index (χ4n) is 4.02. The molecule has 0 aliphatic heterocycles. The fraction of sp³-hybridized carbons (Fsp3) is 0.250. The van der Waals surface area contributed by atoms with Crippen LogP contribution in [0.1, 0.15) is 29.8 Å². The van der Waals surface area contributed by atoms with E-state index >= 15 is 0 Å². The van der Waals surface area contributed by atoms with E-state index in [1.807, 2.05) is 86.8 Å². The number of amides is 1. The molecule has 0 fully saturated rings. The van der Waals surface area contributed by atoms with Gasteiger partial charge in [-0.1, -0.05) is 36.4 Å². The van der Waals surface area contributed by atoms with Crippen molar-refractivity contribution < 1.29 is 19.4 Å². The Bertz CT molecular complexity index is 1260. The number of benzene rings is 3. The number of hydrogen-bond donors (Lipinski definition) is 3. The van der Waals surface area contributed by atoms with Crippen LogP contribution in [0.25, 0.3) is 22.0 Å². The van der Waals surface area contributed by atoms with Gasteiger partial charge >= 0.3 is 0 Å². The minimum Gasteiger partial charge on any atom is -0.497 e. The summed E-state index contributed by atoms with van der Waals surface area (Å²) in [5.74, 6) is 0.989. The smallest absolute Gasteiger partial charge is 0.255 e. The summed E-state index contributed by atoms with van der Waals surface area (Å²) in [6.45, 7) is 3.67. The summed E-state index contributed by atoms with van der Waals surface area (Å²) < 4.78 is 11.2. The molecule has 4 rings (SSSR count). The predicted octanol–water partition coefficient (Wildman–Crippen LogP) is 4.96. The molecule has 4 aromatic rings. The Labute approximate surface area is 199 Å². The average Bonchev–Trinajstić information content (AvgIpc) is 3.26. The van der Waals surface area contributed by atoms with E-state index in [4.69, 9.17) is 9.47 Å². The molecule has 3 N–H and O–H groups in total. The van der Waals surface area contributed by atoms with Gasteiger partial charge in [-0.05, 0) is 67.3 Å². The zero-order valence-corrected chi connectivity index (χ0v) is 19.7. The van der Waals surface area contributed by atoms with E-state index in [1.165, 1.54) is 0 Å². The Kier molecular flexibility index (Phi) is 7.18. The van der Waals surface area contributed by atoms with Crippen LogP contribution in [0, 0.1) is 0 Å². The molecule has 0 spiro atoms. The van der Waals surface area contributed by atoms with E-state index in [2.05, 4.69) is 10.3 Å². The molecule has 0 aliphatic rings. The molecule has 0 radical (unpaired) electrons. The van der Waals surface area contributed by atoms with Crippen molar-refractivity contribution in [3.8, 4) is 22.6 Å². The third-order valence-electron chi connectivity index (χ3n) is 5.71. The molecule has 1 aromatic heterocycles. The second-order valence-electron chi connectivity index (χ2n) is 8.52. The lowest BCUT2D eigenvalue weighted by Crippen LogP contribution is -2.39. The van der Waals surface area contributed by atoms with Gasteiger partial charge in [-0.3, -0.25) is 4.79 Å². The zero-order chi connectivity index (χ0) is 24.1. The maximum Gasteiger partial charge on any atom is 0.255 e. The van der Waals surface area contributed by atoms with Crippen molar-refractivity contribution >= 4 is 16.8 Å². The third-order valence-corrected chi connectivity index (χ3v) is 5.71. The minimum atomic E-state index is -0.441. The summed E-state index contributed by atoms with van der Waals surface area (Å²) in [5, 5.41) is 14.1. The van der Waals surface area contributed by atoms with Crippen LogP contribution in [0.5, 0.6) is 11.5 Å². The number of H-pyrrole nitrogens is 1. The molecule has 1 atom stereocenters. The van der Waals surface area contributed by atoms with Crippen molar-refractivity contribution in [2.45, 2.75) is 32.4 Å².